The van der Waals surface area contributed by atoms with Crippen LogP contribution in [0.1, 0.15) is 16.1 Å². The van der Waals surface area contributed by atoms with Gasteiger partial charge in [-0.05, 0) is 6.92 Å². The first kappa shape index (κ1) is 13.5. The summed E-state index contributed by atoms with van der Waals surface area (Å²) in [6, 6.07) is 9.04. The Bertz CT molecular complexity index is 856. The molecule has 0 aliphatic heterocycles. The van der Waals surface area contributed by atoms with E-state index in [1.54, 1.807) is 19.1 Å². The highest BCUT2D eigenvalue weighted by molar-refractivity contribution is 7.99. The third kappa shape index (κ3) is 2.70. The van der Waals surface area contributed by atoms with Crippen LogP contribution < -0.4 is 5.56 Å². The Kier molecular flexibility index (Phi) is 3.53. The number of H-pyrrole nitrogens is 1. The molecule has 0 aliphatic rings. The lowest BCUT2D eigenvalue weighted by Gasteiger charge is -2.00. The van der Waals surface area contributed by atoms with Crippen molar-refractivity contribution in [2.45, 2.75) is 12.1 Å². The van der Waals surface area contributed by atoms with E-state index in [0.29, 0.717) is 16.4 Å². The minimum atomic E-state index is -0.299. The summed E-state index contributed by atoms with van der Waals surface area (Å²) in [6.45, 7) is 1.60. The molecule has 0 saturated carbocycles. The smallest absolute Gasteiger partial charge is 0.273 e. The number of benzene rings is 1. The fraction of sp³-hybridized carbons (Fsp3) is 0.154. The molecule has 21 heavy (non-hydrogen) atoms. The summed E-state index contributed by atoms with van der Waals surface area (Å²) in [7, 11) is 0. The maximum atomic E-state index is 12.0. The van der Waals surface area contributed by atoms with Crippen LogP contribution in [0.3, 0.4) is 0 Å². The van der Waals surface area contributed by atoms with Gasteiger partial charge in [0.15, 0.2) is 5.78 Å². The monoisotopic (exact) mass is 301 g/mol. The number of aromatic amines is 1. The number of aromatic nitrogens is 5. The van der Waals surface area contributed by atoms with Crippen LogP contribution in [0.15, 0.2) is 40.3 Å². The van der Waals surface area contributed by atoms with Crippen molar-refractivity contribution in [1.82, 2.24) is 24.8 Å². The van der Waals surface area contributed by atoms with Crippen LogP contribution in [0.2, 0.25) is 0 Å². The molecule has 106 valence electrons. The average Bonchev–Trinajstić information content (AvgIpc) is 2.88. The lowest BCUT2D eigenvalue weighted by Crippen LogP contribution is -2.15. The fourth-order valence-corrected chi connectivity index (χ4v) is 2.52. The summed E-state index contributed by atoms with van der Waals surface area (Å²) in [6.07, 6.45) is 0. The quantitative estimate of drug-likeness (QED) is 0.573. The summed E-state index contributed by atoms with van der Waals surface area (Å²) >= 11 is 1.23. The lowest BCUT2D eigenvalue weighted by molar-refractivity contribution is 0.102. The van der Waals surface area contributed by atoms with Gasteiger partial charge in [-0.25, -0.2) is 0 Å². The standard InChI is InChI=1S/C13H11N5O2S/c1-8-11(20)14-12-15-16-13(18(12)17-8)21-7-10(19)9-5-3-2-4-6-9/h2-6H,7H2,1H3,(H,14,15,20). The van der Waals surface area contributed by atoms with Crippen LogP contribution in [0.5, 0.6) is 0 Å². The maximum absolute atomic E-state index is 12.0. The molecule has 2 heterocycles. The van der Waals surface area contributed by atoms with Crippen LogP contribution >= 0.6 is 11.8 Å². The van der Waals surface area contributed by atoms with Crippen LogP contribution in [0, 0.1) is 6.92 Å². The van der Waals surface area contributed by atoms with Crippen molar-refractivity contribution >= 4 is 23.3 Å². The summed E-state index contributed by atoms with van der Waals surface area (Å²) in [5, 5.41) is 12.3. The molecule has 1 N–H and O–H groups in total. The first-order chi connectivity index (χ1) is 10.1. The van der Waals surface area contributed by atoms with Gasteiger partial charge in [0.2, 0.25) is 5.16 Å². The number of thioether (sulfide) groups is 1. The van der Waals surface area contributed by atoms with Gasteiger partial charge in [-0.15, -0.1) is 10.2 Å². The Morgan fingerprint density at radius 2 is 2.05 bits per heavy atom. The molecule has 3 rings (SSSR count). The fourth-order valence-electron chi connectivity index (χ4n) is 1.75. The molecule has 3 aromatic rings. The van der Waals surface area contributed by atoms with Gasteiger partial charge < -0.3 is 0 Å². The number of fused-ring (bicyclic) bond motifs is 1. The van der Waals surface area contributed by atoms with Crippen molar-refractivity contribution < 1.29 is 4.79 Å². The number of nitrogens with one attached hydrogen (secondary N) is 1. The largest absolute Gasteiger partial charge is 0.293 e. The molecule has 0 radical (unpaired) electrons. The third-order valence-corrected chi connectivity index (χ3v) is 3.76. The number of carbonyl (C=O) groups excluding carboxylic acids is 1. The number of rotatable bonds is 4. The van der Waals surface area contributed by atoms with Crippen LogP contribution in [0.4, 0.5) is 0 Å². The predicted octanol–water partition coefficient (Wildman–Crippen LogP) is 1.10. The first-order valence-electron chi connectivity index (χ1n) is 6.18. The van der Waals surface area contributed by atoms with Gasteiger partial charge in [-0.1, -0.05) is 42.1 Å². The van der Waals surface area contributed by atoms with Crippen molar-refractivity contribution in [3.05, 3.63) is 51.9 Å². The van der Waals surface area contributed by atoms with E-state index < -0.39 is 0 Å². The maximum Gasteiger partial charge on any atom is 0.273 e. The van der Waals surface area contributed by atoms with Gasteiger partial charge in [0.1, 0.15) is 5.69 Å². The summed E-state index contributed by atoms with van der Waals surface area (Å²) in [4.78, 5) is 26.0. The molecule has 0 saturated heterocycles. The molecule has 0 unspecified atom stereocenters. The van der Waals surface area contributed by atoms with Gasteiger partial charge in [0.05, 0.1) is 5.75 Å². The zero-order valence-corrected chi connectivity index (χ0v) is 11.9. The zero-order valence-electron chi connectivity index (χ0n) is 11.1. The third-order valence-electron chi connectivity index (χ3n) is 2.84. The predicted molar refractivity (Wildman–Crippen MR) is 77.6 cm³/mol. The molecule has 0 fully saturated rings. The minimum Gasteiger partial charge on any atom is -0.293 e. The molecule has 8 heteroatoms. The van der Waals surface area contributed by atoms with Gasteiger partial charge in [-0.3, -0.25) is 14.6 Å². The van der Waals surface area contributed by atoms with E-state index in [1.165, 1.54) is 16.3 Å². The number of carbonyl (C=O) groups is 1. The SMILES string of the molecule is Cc1nn2c(SCC(=O)c3ccccc3)nnc2[nH]c1=O. The van der Waals surface area contributed by atoms with E-state index in [0.717, 1.165) is 0 Å². The Morgan fingerprint density at radius 3 is 2.81 bits per heavy atom. The molecule has 1 aromatic carbocycles. The highest BCUT2D eigenvalue weighted by Crippen LogP contribution is 2.16. The normalized spacial score (nSPS) is 10.9. The van der Waals surface area contributed by atoms with Gasteiger partial charge in [0, 0.05) is 5.56 Å². The molecule has 7 nitrogen and oxygen atoms in total. The first-order valence-corrected chi connectivity index (χ1v) is 7.17. The molecule has 0 atom stereocenters. The lowest BCUT2D eigenvalue weighted by atomic mass is 10.2. The molecule has 0 spiro atoms. The topological polar surface area (TPSA) is 93.0 Å². The molecule has 0 bridgehead atoms. The minimum absolute atomic E-state index is 0.00139. The highest BCUT2D eigenvalue weighted by Gasteiger charge is 2.12. The summed E-state index contributed by atoms with van der Waals surface area (Å²) in [5.41, 5.74) is 0.668. The molecule has 0 amide bonds. The van der Waals surface area contributed by atoms with E-state index in [4.69, 9.17) is 0 Å². The average molecular weight is 301 g/mol. The number of hydrogen-bond acceptors (Lipinski definition) is 6. The van der Waals surface area contributed by atoms with Crippen LogP contribution in [-0.2, 0) is 0 Å². The van der Waals surface area contributed by atoms with E-state index in [1.807, 2.05) is 18.2 Å². The van der Waals surface area contributed by atoms with Crippen molar-refractivity contribution in [3.63, 3.8) is 0 Å². The Hall–Kier alpha value is -2.48. The van der Waals surface area contributed by atoms with Gasteiger partial charge in [0.25, 0.3) is 11.3 Å². The number of nitrogens with zero attached hydrogens (tertiary/aromatic N) is 4. The van der Waals surface area contributed by atoms with Crippen molar-refractivity contribution in [2.75, 3.05) is 5.75 Å². The van der Waals surface area contributed by atoms with Crippen LogP contribution in [0.25, 0.3) is 5.78 Å². The second kappa shape index (κ2) is 5.49. The zero-order chi connectivity index (χ0) is 14.8. The molecule has 2 aromatic heterocycles. The number of ketones is 1. The summed E-state index contributed by atoms with van der Waals surface area (Å²) in [5.74, 6) is 0.490. The Balaban J connectivity index is 1.81. The molecule has 0 aliphatic carbocycles. The van der Waals surface area contributed by atoms with E-state index in [-0.39, 0.29) is 22.9 Å². The van der Waals surface area contributed by atoms with E-state index in [2.05, 4.69) is 20.3 Å². The van der Waals surface area contributed by atoms with E-state index >= 15 is 0 Å². The summed E-state index contributed by atoms with van der Waals surface area (Å²) < 4.78 is 1.43. The second-order valence-electron chi connectivity index (χ2n) is 4.34. The molecular formula is C13H11N5O2S. The van der Waals surface area contributed by atoms with E-state index in [9.17, 15) is 9.59 Å². The number of hydrogen-bond donors (Lipinski definition) is 1. The Labute approximate surface area is 123 Å². The number of Topliss-reactive ketones (excluding diaryl/α,β-unsaturated/α-hetero) is 1. The molecular weight excluding hydrogens is 290 g/mol. The van der Waals surface area contributed by atoms with Crippen LogP contribution in [-0.4, -0.2) is 36.3 Å². The Morgan fingerprint density at radius 1 is 1.29 bits per heavy atom. The van der Waals surface area contributed by atoms with Gasteiger partial charge in [-0.2, -0.15) is 9.61 Å². The van der Waals surface area contributed by atoms with Gasteiger partial charge >= 0.3 is 0 Å². The van der Waals surface area contributed by atoms with Crippen molar-refractivity contribution in [2.24, 2.45) is 0 Å². The second-order valence-corrected chi connectivity index (χ2v) is 5.28. The van der Waals surface area contributed by atoms with Crippen molar-refractivity contribution in [1.29, 1.82) is 0 Å². The van der Waals surface area contributed by atoms with Crippen molar-refractivity contribution in [3.8, 4) is 0 Å². The number of aryl methyl sites for hydroxylation is 1. The highest BCUT2D eigenvalue weighted by atomic mass is 32.2.